The highest BCUT2D eigenvalue weighted by atomic mass is 16.8. The number of nitrogens with one attached hydrogen (secondary N) is 1. The lowest BCUT2D eigenvalue weighted by Crippen LogP contribution is -2.52. The average molecular weight is 769 g/mol. The van der Waals surface area contributed by atoms with E-state index in [1.807, 2.05) is 78.9 Å². The van der Waals surface area contributed by atoms with Gasteiger partial charge in [-0.25, -0.2) is 0 Å². The Morgan fingerprint density at radius 1 is 0.965 bits per heavy atom. The molecule has 1 saturated heterocycles. The number of benzene rings is 4. The van der Waals surface area contributed by atoms with E-state index in [0.717, 1.165) is 46.4 Å². The molecule has 13 heteroatoms. The second-order valence-corrected chi connectivity index (χ2v) is 14.8. The zero-order chi connectivity index (χ0) is 39.8. The molecule has 8 rings (SSSR count). The van der Waals surface area contributed by atoms with E-state index in [1.54, 1.807) is 30.3 Å². The minimum atomic E-state index is -0.255. The van der Waals surface area contributed by atoms with Gasteiger partial charge in [-0.1, -0.05) is 36.4 Å². The molecule has 2 N–H and O–H groups in total. The highest BCUT2D eigenvalue weighted by Crippen LogP contribution is 2.36. The fourth-order valence-corrected chi connectivity index (χ4v) is 8.20. The van der Waals surface area contributed by atoms with Gasteiger partial charge in [0.15, 0.2) is 0 Å². The Balaban J connectivity index is 1.20. The van der Waals surface area contributed by atoms with Crippen molar-refractivity contribution in [1.29, 1.82) is 0 Å². The van der Waals surface area contributed by atoms with E-state index in [-0.39, 0.29) is 35.3 Å². The highest BCUT2D eigenvalue weighted by Gasteiger charge is 2.34. The van der Waals surface area contributed by atoms with Crippen LogP contribution < -0.4 is 14.9 Å². The number of amides is 2. The van der Waals surface area contributed by atoms with E-state index < -0.39 is 0 Å². The maximum Gasteiger partial charge on any atom is 0.260 e. The first kappa shape index (κ1) is 37.9. The summed E-state index contributed by atoms with van der Waals surface area (Å²) < 4.78 is 13.1. The Bertz CT molecular complexity index is 2450. The van der Waals surface area contributed by atoms with Crippen LogP contribution in [0.5, 0.6) is 5.75 Å². The van der Waals surface area contributed by atoms with E-state index >= 15 is 0 Å². The summed E-state index contributed by atoms with van der Waals surface area (Å²) in [5.41, 5.74) is 8.06. The third-order valence-electron chi connectivity index (χ3n) is 11.6. The monoisotopic (exact) mass is 768 g/mol. The molecule has 0 bridgehead atoms. The van der Waals surface area contributed by atoms with Gasteiger partial charge >= 0.3 is 0 Å². The SMILES string of the molecule is COc1cccc(CN(C(=O)c2cc(-c3cc(N([O-])O)ccc3C(=O)N3Cc4ccccc4C[C@H]3CN3CCOCC3)n(C)c2C)c2ccc3[nH]ncc3c2)c1C. The van der Waals surface area contributed by atoms with Crippen molar-refractivity contribution in [2.45, 2.75) is 39.4 Å². The third kappa shape index (κ3) is 7.38. The summed E-state index contributed by atoms with van der Waals surface area (Å²) in [5, 5.41) is 30.2. The summed E-state index contributed by atoms with van der Waals surface area (Å²) in [7, 11) is 3.46. The lowest BCUT2D eigenvalue weighted by Gasteiger charge is -2.40. The summed E-state index contributed by atoms with van der Waals surface area (Å²) in [6.07, 6.45) is 2.43. The van der Waals surface area contributed by atoms with Gasteiger partial charge in [0.2, 0.25) is 0 Å². The Morgan fingerprint density at radius 2 is 1.74 bits per heavy atom. The molecule has 0 radical (unpaired) electrons. The van der Waals surface area contributed by atoms with Gasteiger partial charge in [-0.05, 0) is 91.1 Å². The summed E-state index contributed by atoms with van der Waals surface area (Å²) in [5.74, 6) is 0.269. The van der Waals surface area contributed by atoms with E-state index in [9.17, 15) is 20.0 Å². The number of carbonyl (C=O) groups is 2. The molecular formula is C44H46N7O6-. The first-order valence-corrected chi connectivity index (χ1v) is 19.1. The molecule has 4 heterocycles. The molecule has 2 aliphatic rings. The normalized spacial score (nSPS) is 15.8. The molecule has 294 valence electrons. The molecule has 4 aromatic carbocycles. The molecule has 2 amide bonds. The molecule has 2 aromatic heterocycles. The number of morpholine rings is 1. The van der Waals surface area contributed by atoms with E-state index in [0.29, 0.717) is 66.5 Å². The number of carbonyl (C=O) groups excluding carboxylic acids is 2. The van der Waals surface area contributed by atoms with Crippen molar-refractivity contribution in [3.8, 4) is 17.0 Å². The molecule has 0 unspecified atom stereocenters. The first-order chi connectivity index (χ1) is 27.6. The first-order valence-electron chi connectivity index (χ1n) is 19.1. The standard InChI is InChI=1S/C44H46N7O6/c1-28-31(10-7-11-42(28)56-4)25-49(34-13-15-40-33(21-34)24-45-46-40)44(53)38-23-41(47(3)29(38)2)39-22-35(51(54)55)12-14-37(39)43(52)50-26-32-9-6-5-8-30(32)20-36(50)27-48-16-18-57-19-17-48/h5-15,21-24,36,54H,16-20,25-27H2,1-4H3,(H,45,46)/q-1/t36-/m0/s1. The maximum atomic E-state index is 15.0. The van der Waals surface area contributed by atoms with Crippen molar-refractivity contribution in [2.75, 3.05) is 50.1 Å². The number of anilines is 2. The Morgan fingerprint density at radius 3 is 2.51 bits per heavy atom. The number of fused-ring (bicyclic) bond motifs is 2. The lowest BCUT2D eigenvalue weighted by atomic mass is 9.92. The van der Waals surface area contributed by atoms with Crippen molar-refractivity contribution >= 4 is 34.1 Å². The van der Waals surface area contributed by atoms with Gasteiger partial charge in [0.05, 0.1) is 49.8 Å². The smallest absolute Gasteiger partial charge is 0.260 e. The molecule has 1 fully saturated rings. The molecule has 0 spiro atoms. The molecule has 13 nitrogen and oxygen atoms in total. The Hall–Kier alpha value is -5.99. The number of nitrogens with zero attached hydrogens (tertiary/aromatic N) is 6. The second kappa shape index (κ2) is 15.9. The van der Waals surface area contributed by atoms with Crippen LogP contribution in [0.1, 0.15) is 48.7 Å². The minimum Gasteiger partial charge on any atom is -0.733 e. The van der Waals surface area contributed by atoms with Crippen LogP contribution in [0, 0.1) is 19.1 Å². The van der Waals surface area contributed by atoms with Crippen molar-refractivity contribution in [3.05, 3.63) is 135 Å². The largest absolute Gasteiger partial charge is 0.733 e. The van der Waals surface area contributed by atoms with Gasteiger partial charge in [-0.3, -0.25) is 24.8 Å². The van der Waals surface area contributed by atoms with Crippen LogP contribution in [0.15, 0.2) is 91.1 Å². The fourth-order valence-electron chi connectivity index (χ4n) is 8.20. The summed E-state index contributed by atoms with van der Waals surface area (Å²) in [6.45, 7) is 8.09. The zero-order valence-corrected chi connectivity index (χ0v) is 32.6. The van der Waals surface area contributed by atoms with Crippen LogP contribution in [0.25, 0.3) is 22.2 Å². The molecule has 0 saturated carbocycles. The van der Waals surface area contributed by atoms with Gasteiger partial charge in [-0.15, -0.1) is 0 Å². The number of aromatic amines is 1. The number of ether oxygens (including phenoxy) is 2. The summed E-state index contributed by atoms with van der Waals surface area (Å²) >= 11 is 0. The molecule has 2 aliphatic heterocycles. The van der Waals surface area contributed by atoms with Crippen molar-refractivity contribution < 1.29 is 24.3 Å². The predicted molar refractivity (Wildman–Crippen MR) is 219 cm³/mol. The number of methoxy groups -OCH3 is 1. The van der Waals surface area contributed by atoms with Crippen LogP contribution in [-0.2, 0) is 31.3 Å². The topological polar surface area (TPSA) is 142 Å². The van der Waals surface area contributed by atoms with Crippen LogP contribution in [-0.4, -0.2) is 87.6 Å². The van der Waals surface area contributed by atoms with E-state index in [4.69, 9.17) is 9.47 Å². The van der Waals surface area contributed by atoms with E-state index in [1.165, 1.54) is 17.7 Å². The molecule has 6 aromatic rings. The van der Waals surface area contributed by atoms with E-state index in [2.05, 4.69) is 27.2 Å². The van der Waals surface area contributed by atoms with Crippen LogP contribution in [0.3, 0.4) is 0 Å². The lowest BCUT2D eigenvalue weighted by molar-refractivity contribution is 0.0193. The van der Waals surface area contributed by atoms with Crippen molar-refractivity contribution in [1.82, 2.24) is 24.6 Å². The van der Waals surface area contributed by atoms with Crippen LogP contribution >= 0.6 is 0 Å². The van der Waals surface area contributed by atoms with Gasteiger partial charge in [0, 0.05) is 72.9 Å². The maximum absolute atomic E-state index is 15.0. The Kier molecular flexibility index (Phi) is 10.6. The highest BCUT2D eigenvalue weighted by molar-refractivity contribution is 6.09. The number of hydrogen-bond acceptors (Lipinski definition) is 9. The van der Waals surface area contributed by atoms with Crippen molar-refractivity contribution in [2.24, 2.45) is 7.05 Å². The fraction of sp³-hybridized carbons (Fsp3) is 0.295. The zero-order valence-electron chi connectivity index (χ0n) is 32.6. The third-order valence-corrected chi connectivity index (χ3v) is 11.6. The van der Waals surface area contributed by atoms with Gasteiger partial charge in [-0.2, -0.15) is 5.10 Å². The molecular weight excluding hydrogens is 723 g/mol. The minimum absolute atomic E-state index is 0.0364. The quantitative estimate of drug-likeness (QED) is 0.147. The van der Waals surface area contributed by atoms with Crippen LogP contribution in [0.2, 0.25) is 0 Å². The van der Waals surface area contributed by atoms with Crippen LogP contribution in [0.4, 0.5) is 11.4 Å². The Labute approximate surface area is 331 Å². The number of hydrogen-bond donors (Lipinski definition) is 2. The second-order valence-electron chi connectivity index (χ2n) is 14.8. The van der Waals surface area contributed by atoms with Gasteiger partial charge < -0.3 is 34.3 Å². The molecule has 1 atom stereocenters. The number of rotatable bonds is 10. The molecule has 57 heavy (non-hydrogen) atoms. The average Bonchev–Trinajstić information content (AvgIpc) is 3.82. The number of aromatic nitrogens is 3. The summed E-state index contributed by atoms with van der Waals surface area (Å²) in [6, 6.07) is 26.0. The van der Waals surface area contributed by atoms with Gasteiger partial charge in [0.25, 0.3) is 11.8 Å². The summed E-state index contributed by atoms with van der Waals surface area (Å²) in [4.78, 5) is 35.9. The van der Waals surface area contributed by atoms with Gasteiger partial charge in [0.1, 0.15) is 5.75 Å². The number of H-pyrrole nitrogens is 1. The molecule has 0 aliphatic carbocycles. The predicted octanol–water partition coefficient (Wildman–Crippen LogP) is 6.63. The van der Waals surface area contributed by atoms with Crippen molar-refractivity contribution in [3.63, 3.8) is 0 Å².